The summed E-state index contributed by atoms with van der Waals surface area (Å²) in [6, 6.07) is 14.7. The van der Waals surface area contributed by atoms with E-state index >= 15 is 0 Å². The van der Waals surface area contributed by atoms with Crippen molar-refractivity contribution < 1.29 is 9.53 Å². The predicted molar refractivity (Wildman–Crippen MR) is 106 cm³/mol. The monoisotopic (exact) mass is 368 g/mol. The normalized spacial score (nSPS) is 10.7. The Morgan fingerprint density at radius 1 is 1.12 bits per heavy atom. The van der Waals surface area contributed by atoms with Gasteiger partial charge in [0.15, 0.2) is 5.13 Å². The van der Waals surface area contributed by atoms with Crippen molar-refractivity contribution in [3.05, 3.63) is 64.4 Å². The van der Waals surface area contributed by atoms with Crippen molar-refractivity contribution in [2.45, 2.75) is 20.3 Å². The Hall–Kier alpha value is -2.73. The van der Waals surface area contributed by atoms with Crippen LogP contribution in [0.1, 0.15) is 30.6 Å². The van der Waals surface area contributed by atoms with Crippen LogP contribution in [0.2, 0.25) is 0 Å². The van der Waals surface area contributed by atoms with Crippen molar-refractivity contribution in [3.63, 3.8) is 0 Å². The van der Waals surface area contributed by atoms with Crippen LogP contribution >= 0.6 is 11.3 Å². The molecule has 1 heterocycles. The Morgan fingerprint density at radius 3 is 2.54 bits per heavy atom. The van der Waals surface area contributed by atoms with Gasteiger partial charge in [-0.1, -0.05) is 30.4 Å². The highest BCUT2D eigenvalue weighted by molar-refractivity contribution is 7.21. The molecule has 5 nitrogen and oxygen atoms in total. The minimum Gasteiger partial charge on any atom is -0.462 e. The summed E-state index contributed by atoms with van der Waals surface area (Å²) < 4.78 is 5.93. The minimum absolute atomic E-state index is 0.224. The van der Waals surface area contributed by atoms with Gasteiger partial charge in [-0.05, 0) is 49.7 Å². The summed E-state index contributed by atoms with van der Waals surface area (Å²) in [6.45, 7) is 4.92. The van der Waals surface area contributed by atoms with Gasteiger partial charge in [0.25, 0.3) is 5.56 Å². The molecule has 0 bridgehead atoms. The molecule has 26 heavy (non-hydrogen) atoms. The maximum absolute atomic E-state index is 12.4. The van der Waals surface area contributed by atoms with E-state index in [0.717, 1.165) is 23.4 Å². The third-order valence-corrected chi connectivity index (χ3v) is 4.95. The Bertz CT molecular complexity index is 967. The summed E-state index contributed by atoms with van der Waals surface area (Å²) in [5.74, 6) is -0.338. The van der Waals surface area contributed by atoms with E-state index in [4.69, 9.17) is 4.74 Å². The summed E-state index contributed by atoms with van der Waals surface area (Å²) in [5, 5.41) is 1.29. The quantitative estimate of drug-likeness (QED) is 0.604. The van der Waals surface area contributed by atoms with Crippen LogP contribution in [0.5, 0.6) is 0 Å². The molecule has 3 rings (SSSR count). The molecule has 6 heteroatoms. The number of benzene rings is 2. The predicted octanol–water partition coefficient (Wildman–Crippen LogP) is 4.38. The number of hydrogen-bond donors (Lipinski definition) is 0. The number of carbonyl (C=O) groups excluding carboxylic acids is 1. The van der Waals surface area contributed by atoms with E-state index in [1.165, 1.54) is 11.3 Å². The van der Waals surface area contributed by atoms with Crippen molar-refractivity contribution in [2.24, 2.45) is 0 Å². The lowest BCUT2D eigenvalue weighted by Crippen LogP contribution is -2.21. The molecule has 0 amide bonds. The molecular formula is C20H20N2O3S. The first-order valence-electron chi connectivity index (χ1n) is 8.58. The average molecular weight is 368 g/mol. The second-order valence-corrected chi connectivity index (χ2v) is 6.73. The largest absolute Gasteiger partial charge is 0.462 e. The molecule has 0 atom stereocenters. The number of fused-ring (bicyclic) bond motifs is 1. The van der Waals surface area contributed by atoms with Crippen molar-refractivity contribution in [1.82, 2.24) is 4.98 Å². The van der Waals surface area contributed by atoms with Gasteiger partial charge in [0.05, 0.1) is 17.6 Å². The van der Waals surface area contributed by atoms with Crippen LogP contribution in [0.3, 0.4) is 0 Å². The maximum Gasteiger partial charge on any atom is 0.338 e. The first kappa shape index (κ1) is 18.1. The summed E-state index contributed by atoms with van der Waals surface area (Å²) in [6.07, 6.45) is 0.898. The van der Waals surface area contributed by atoms with E-state index in [-0.39, 0.29) is 11.5 Å². The number of ether oxygens (including phenoxy) is 1. The molecule has 0 unspecified atom stereocenters. The lowest BCUT2D eigenvalue weighted by molar-refractivity contribution is 0.0526. The van der Waals surface area contributed by atoms with Crippen molar-refractivity contribution in [3.8, 4) is 0 Å². The van der Waals surface area contributed by atoms with Gasteiger partial charge in [0.1, 0.15) is 0 Å². The zero-order chi connectivity index (χ0) is 18.5. The summed E-state index contributed by atoms with van der Waals surface area (Å²) in [7, 11) is 0. The molecular weight excluding hydrogens is 348 g/mol. The zero-order valence-corrected chi connectivity index (χ0v) is 15.6. The lowest BCUT2D eigenvalue weighted by Gasteiger charge is -2.22. The Kier molecular flexibility index (Phi) is 5.63. The minimum atomic E-state index is -0.338. The second kappa shape index (κ2) is 8.10. The van der Waals surface area contributed by atoms with Crippen molar-refractivity contribution in [1.29, 1.82) is 0 Å². The lowest BCUT2D eigenvalue weighted by atomic mass is 10.2. The van der Waals surface area contributed by atoms with E-state index in [2.05, 4.69) is 11.9 Å². The molecule has 3 aromatic rings. The molecule has 0 N–H and O–H groups in total. The topological polar surface area (TPSA) is 59.5 Å². The summed E-state index contributed by atoms with van der Waals surface area (Å²) in [4.78, 5) is 30.5. The average Bonchev–Trinajstić information content (AvgIpc) is 2.66. The summed E-state index contributed by atoms with van der Waals surface area (Å²) in [5.41, 5.74) is 1.17. The van der Waals surface area contributed by atoms with E-state index in [1.807, 2.05) is 35.2 Å². The van der Waals surface area contributed by atoms with Crippen LogP contribution in [0.4, 0.5) is 10.8 Å². The van der Waals surface area contributed by atoms with Gasteiger partial charge in [0, 0.05) is 16.9 Å². The van der Waals surface area contributed by atoms with Crippen LogP contribution in [0.25, 0.3) is 10.1 Å². The fraction of sp³-hybridized carbons (Fsp3) is 0.250. The molecule has 0 aliphatic carbocycles. The zero-order valence-electron chi connectivity index (χ0n) is 14.8. The van der Waals surface area contributed by atoms with Gasteiger partial charge in [0.2, 0.25) is 0 Å². The molecule has 1 aromatic heterocycles. The second-order valence-electron chi connectivity index (χ2n) is 5.72. The smallest absolute Gasteiger partial charge is 0.338 e. The van der Waals surface area contributed by atoms with Crippen molar-refractivity contribution >= 4 is 38.2 Å². The van der Waals surface area contributed by atoms with E-state index in [1.54, 1.807) is 25.1 Å². The van der Waals surface area contributed by atoms with Gasteiger partial charge >= 0.3 is 5.97 Å². The third kappa shape index (κ3) is 3.75. The third-order valence-electron chi connectivity index (χ3n) is 3.88. The standard InChI is InChI=1S/C20H20N2O3S/c1-3-13-22(15-11-9-14(10-12-15)19(24)25-4-2)20-21-18(23)16-7-5-6-8-17(16)26-20/h5-12H,3-4,13H2,1-2H3. The molecule has 2 aromatic carbocycles. The van der Waals surface area contributed by atoms with Crippen LogP contribution in [0, 0.1) is 0 Å². The van der Waals surface area contributed by atoms with Crippen LogP contribution in [0.15, 0.2) is 53.3 Å². The Balaban J connectivity index is 1.99. The number of rotatable bonds is 6. The van der Waals surface area contributed by atoms with Gasteiger partial charge in [-0.25, -0.2) is 4.79 Å². The molecule has 0 aliphatic heterocycles. The van der Waals surface area contributed by atoms with Crippen LogP contribution in [-0.2, 0) is 4.74 Å². The molecule has 0 saturated heterocycles. The molecule has 0 spiro atoms. The highest BCUT2D eigenvalue weighted by atomic mass is 32.1. The van der Waals surface area contributed by atoms with Gasteiger partial charge in [-0.2, -0.15) is 4.98 Å². The first-order valence-corrected chi connectivity index (χ1v) is 9.40. The fourth-order valence-corrected chi connectivity index (χ4v) is 3.71. The maximum atomic E-state index is 12.4. The van der Waals surface area contributed by atoms with E-state index in [0.29, 0.717) is 22.7 Å². The Morgan fingerprint density at radius 2 is 1.85 bits per heavy atom. The number of nitrogens with zero attached hydrogens (tertiary/aromatic N) is 2. The molecule has 0 aliphatic rings. The molecule has 134 valence electrons. The highest BCUT2D eigenvalue weighted by Gasteiger charge is 2.15. The molecule has 0 saturated carbocycles. The van der Waals surface area contributed by atoms with Crippen LogP contribution in [-0.4, -0.2) is 24.1 Å². The van der Waals surface area contributed by atoms with Gasteiger partial charge in [-0.3, -0.25) is 4.79 Å². The summed E-state index contributed by atoms with van der Waals surface area (Å²) >= 11 is 1.49. The van der Waals surface area contributed by atoms with E-state index in [9.17, 15) is 9.59 Å². The SMILES string of the molecule is CCCN(c1ccc(C(=O)OCC)cc1)c1nc(=O)c2ccccc2s1. The van der Waals surface area contributed by atoms with Gasteiger partial charge in [-0.15, -0.1) is 0 Å². The first-order chi connectivity index (χ1) is 12.6. The number of carbonyl (C=O) groups is 1. The van der Waals surface area contributed by atoms with E-state index < -0.39 is 0 Å². The fourth-order valence-electron chi connectivity index (χ4n) is 2.67. The number of hydrogen-bond acceptors (Lipinski definition) is 6. The van der Waals surface area contributed by atoms with Gasteiger partial charge < -0.3 is 9.64 Å². The number of esters is 1. The Labute approximate surface area is 155 Å². The number of aromatic nitrogens is 1. The highest BCUT2D eigenvalue weighted by Crippen LogP contribution is 2.30. The number of anilines is 2. The molecule has 0 fully saturated rings. The van der Waals surface area contributed by atoms with Crippen LogP contribution < -0.4 is 10.5 Å². The molecule has 0 radical (unpaired) electrons. The van der Waals surface area contributed by atoms with Crippen molar-refractivity contribution in [2.75, 3.05) is 18.1 Å².